The Morgan fingerprint density at radius 3 is 2.67 bits per heavy atom. The van der Waals surface area contributed by atoms with Gasteiger partial charge in [0.05, 0.1) is 12.2 Å². The van der Waals surface area contributed by atoms with Gasteiger partial charge in [0.1, 0.15) is 5.15 Å². The first-order valence-corrected chi connectivity index (χ1v) is 5.48. The minimum Gasteiger partial charge on any atom is -0.463 e. The predicted octanol–water partition coefficient (Wildman–Crippen LogP) is 3.11. The highest BCUT2D eigenvalue weighted by Crippen LogP contribution is 2.36. The van der Waals surface area contributed by atoms with Crippen molar-refractivity contribution in [2.75, 3.05) is 6.61 Å². The second kappa shape index (κ2) is 4.31. The van der Waals surface area contributed by atoms with E-state index in [9.17, 15) is 13.2 Å². The van der Waals surface area contributed by atoms with Crippen molar-refractivity contribution in [1.29, 1.82) is 0 Å². The molecule has 0 aliphatic heterocycles. The second-order valence-electron chi connectivity index (χ2n) is 3.59. The maximum absolute atomic E-state index is 12.7. The first kappa shape index (κ1) is 12.9. The fourth-order valence-corrected chi connectivity index (χ4v) is 1.81. The van der Waals surface area contributed by atoms with Crippen LogP contribution in [0.15, 0.2) is 6.07 Å². The van der Waals surface area contributed by atoms with E-state index in [-0.39, 0.29) is 11.7 Å². The fraction of sp³-hybridized carbons (Fsp3) is 0.400. The highest BCUT2D eigenvalue weighted by molar-refractivity contribution is 6.30. The molecule has 0 atom stereocenters. The van der Waals surface area contributed by atoms with Crippen molar-refractivity contribution in [2.24, 2.45) is 0 Å². The minimum atomic E-state index is -4.53. The van der Waals surface area contributed by atoms with Crippen LogP contribution in [0.4, 0.5) is 13.2 Å². The molecule has 0 amide bonds. The van der Waals surface area contributed by atoms with Crippen molar-refractivity contribution < 1.29 is 17.9 Å². The zero-order valence-electron chi connectivity index (χ0n) is 9.55. The average Bonchev–Trinajstić information content (AvgIpc) is 2.67. The molecule has 0 fully saturated rings. The molecule has 0 aromatic carbocycles. The smallest absolute Gasteiger partial charge is 0.419 e. The van der Waals surface area contributed by atoms with Gasteiger partial charge in [0, 0.05) is 0 Å². The number of nitrogens with zero attached hydrogens (tertiary/aromatic N) is 3. The van der Waals surface area contributed by atoms with Gasteiger partial charge in [0.2, 0.25) is 0 Å². The molecule has 0 aliphatic rings. The largest absolute Gasteiger partial charge is 0.463 e. The van der Waals surface area contributed by atoms with Crippen LogP contribution in [-0.2, 0) is 6.18 Å². The molecular formula is C10H9ClF3N3O. The maximum atomic E-state index is 12.7. The fourth-order valence-electron chi connectivity index (χ4n) is 1.53. The molecule has 2 aromatic rings. The molecule has 8 heteroatoms. The van der Waals surface area contributed by atoms with E-state index in [2.05, 4.69) is 10.1 Å². The third-order valence-electron chi connectivity index (χ3n) is 2.29. The number of hydrogen-bond acceptors (Lipinski definition) is 3. The van der Waals surface area contributed by atoms with Crippen LogP contribution in [0.3, 0.4) is 0 Å². The van der Waals surface area contributed by atoms with Crippen molar-refractivity contribution in [1.82, 2.24) is 14.6 Å². The number of aryl methyl sites for hydroxylation is 1. The number of halogens is 4. The lowest BCUT2D eigenvalue weighted by atomic mass is 10.2. The van der Waals surface area contributed by atoms with Gasteiger partial charge in [-0.2, -0.15) is 22.7 Å². The summed E-state index contributed by atoms with van der Waals surface area (Å²) in [6.45, 7) is 3.55. The molecule has 2 heterocycles. The van der Waals surface area contributed by atoms with Crippen molar-refractivity contribution >= 4 is 17.2 Å². The lowest BCUT2D eigenvalue weighted by Crippen LogP contribution is -2.10. The molecule has 2 aromatic heterocycles. The third kappa shape index (κ3) is 2.10. The number of ether oxygens (including phenoxy) is 1. The van der Waals surface area contributed by atoms with E-state index in [1.165, 1.54) is 6.92 Å². The Balaban J connectivity index is 2.70. The van der Waals surface area contributed by atoms with Crippen LogP contribution >= 0.6 is 11.6 Å². The van der Waals surface area contributed by atoms with Gasteiger partial charge in [-0.15, -0.1) is 5.10 Å². The summed E-state index contributed by atoms with van der Waals surface area (Å²) in [5.41, 5.74) is -0.372. The summed E-state index contributed by atoms with van der Waals surface area (Å²) < 4.78 is 44.2. The molecule has 0 saturated carbocycles. The number of aromatic nitrogens is 3. The summed E-state index contributed by atoms with van der Waals surface area (Å²) in [7, 11) is 0. The van der Waals surface area contributed by atoms with Gasteiger partial charge in [-0.05, 0) is 25.5 Å². The van der Waals surface area contributed by atoms with Gasteiger partial charge in [-0.3, -0.25) is 0 Å². The summed E-state index contributed by atoms with van der Waals surface area (Å²) in [5, 5.41) is 3.26. The van der Waals surface area contributed by atoms with E-state index < -0.39 is 16.9 Å². The van der Waals surface area contributed by atoms with E-state index in [1.807, 2.05) is 0 Å². The standard InChI is InChI=1S/C10H9ClF3N3O/c1-3-18-9-15-8-5(2)4-6(10(12,13)14)7(11)17(8)16-9/h4H,3H2,1-2H3. The second-order valence-corrected chi connectivity index (χ2v) is 3.95. The first-order valence-electron chi connectivity index (χ1n) is 5.10. The number of fused-ring (bicyclic) bond motifs is 1. The zero-order chi connectivity index (χ0) is 13.5. The summed E-state index contributed by atoms with van der Waals surface area (Å²) in [5.74, 6) is 0. The zero-order valence-corrected chi connectivity index (χ0v) is 10.3. The monoisotopic (exact) mass is 279 g/mol. The SMILES string of the molecule is CCOc1nc2c(C)cc(C(F)(F)F)c(Cl)n2n1. The summed E-state index contributed by atoms with van der Waals surface area (Å²) >= 11 is 5.70. The molecule has 4 nitrogen and oxygen atoms in total. The Morgan fingerprint density at radius 2 is 2.11 bits per heavy atom. The predicted molar refractivity (Wildman–Crippen MR) is 58.9 cm³/mol. The minimum absolute atomic E-state index is 0.00169. The molecule has 2 rings (SSSR count). The highest BCUT2D eigenvalue weighted by atomic mass is 35.5. The molecule has 98 valence electrons. The van der Waals surface area contributed by atoms with E-state index in [0.29, 0.717) is 12.2 Å². The Hall–Kier alpha value is -1.50. The summed E-state index contributed by atoms with van der Waals surface area (Å²) in [6.07, 6.45) is -4.53. The van der Waals surface area contributed by atoms with Crippen molar-refractivity contribution in [3.05, 3.63) is 22.3 Å². The van der Waals surface area contributed by atoms with Gasteiger partial charge < -0.3 is 4.74 Å². The Bertz CT molecular complexity index is 594. The molecule has 0 radical (unpaired) electrons. The van der Waals surface area contributed by atoms with Crippen molar-refractivity contribution in [3.8, 4) is 6.01 Å². The van der Waals surface area contributed by atoms with Crippen LogP contribution in [0, 0.1) is 6.92 Å². The summed E-state index contributed by atoms with van der Waals surface area (Å²) in [6, 6.07) is 0.948. The molecule has 0 aliphatic carbocycles. The highest BCUT2D eigenvalue weighted by Gasteiger charge is 2.35. The van der Waals surface area contributed by atoms with E-state index in [1.54, 1.807) is 6.92 Å². The lowest BCUT2D eigenvalue weighted by Gasteiger charge is -2.10. The number of hydrogen-bond donors (Lipinski definition) is 0. The topological polar surface area (TPSA) is 39.4 Å². The van der Waals surface area contributed by atoms with Gasteiger partial charge in [0.15, 0.2) is 5.65 Å². The van der Waals surface area contributed by atoms with Crippen LogP contribution in [0.2, 0.25) is 5.15 Å². The van der Waals surface area contributed by atoms with Crippen molar-refractivity contribution in [2.45, 2.75) is 20.0 Å². The van der Waals surface area contributed by atoms with E-state index in [4.69, 9.17) is 16.3 Å². The van der Waals surface area contributed by atoms with E-state index in [0.717, 1.165) is 10.6 Å². The van der Waals surface area contributed by atoms with Gasteiger partial charge in [-0.1, -0.05) is 11.6 Å². The molecule has 0 unspecified atom stereocenters. The van der Waals surface area contributed by atoms with Crippen LogP contribution in [0.1, 0.15) is 18.1 Å². The Labute approximate surface area is 105 Å². The molecule has 0 spiro atoms. The molecule has 0 N–H and O–H groups in total. The van der Waals surface area contributed by atoms with Gasteiger partial charge in [0.25, 0.3) is 0 Å². The number of rotatable bonds is 2. The molecule has 0 bridgehead atoms. The van der Waals surface area contributed by atoms with Crippen LogP contribution < -0.4 is 4.74 Å². The quantitative estimate of drug-likeness (QED) is 0.793. The Morgan fingerprint density at radius 1 is 1.44 bits per heavy atom. The number of pyridine rings is 1. The molecule has 0 saturated heterocycles. The third-order valence-corrected chi connectivity index (χ3v) is 2.65. The van der Waals surface area contributed by atoms with Crippen LogP contribution in [-0.4, -0.2) is 21.2 Å². The molecular weight excluding hydrogens is 271 g/mol. The van der Waals surface area contributed by atoms with Gasteiger partial charge >= 0.3 is 12.2 Å². The Kier molecular flexibility index (Phi) is 3.10. The normalized spacial score (nSPS) is 12.1. The summed E-state index contributed by atoms with van der Waals surface area (Å²) in [4.78, 5) is 3.96. The average molecular weight is 280 g/mol. The van der Waals surface area contributed by atoms with Crippen LogP contribution in [0.25, 0.3) is 5.65 Å². The van der Waals surface area contributed by atoms with E-state index >= 15 is 0 Å². The van der Waals surface area contributed by atoms with Crippen LogP contribution in [0.5, 0.6) is 6.01 Å². The lowest BCUT2D eigenvalue weighted by molar-refractivity contribution is -0.137. The number of alkyl halides is 3. The molecule has 18 heavy (non-hydrogen) atoms. The van der Waals surface area contributed by atoms with Crippen molar-refractivity contribution in [3.63, 3.8) is 0 Å². The maximum Gasteiger partial charge on any atom is 0.419 e. The van der Waals surface area contributed by atoms with Gasteiger partial charge in [-0.25, -0.2) is 0 Å². The first-order chi connectivity index (χ1) is 8.34.